The molecular formula is C9H21NO2S. The number of hydrogen-bond acceptors (Lipinski definition) is 3. The quantitative estimate of drug-likeness (QED) is 0.708. The van der Waals surface area contributed by atoms with E-state index < -0.39 is 9.84 Å². The van der Waals surface area contributed by atoms with Crippen LogP contribution in [0.25, 0.3) is 0 Å². The average Bonchev–Trinajstić information content (AvgIpc) is 1.98. The zero-order chi connectivity index (χ0) is 10.5. The lowest BCUT2D eigenvalue weighted by atomic mass is 10.3. The van der Waals surface area contributed by atoms with Crippen molar-refractivity contribution in [3.05, 3.63) is 0 Å². The molecule has 0 radical (unpaired) electrons. The molecule has 0 fully saturated rings. The van der Waals surface area contributed by atoms with Crippen LogP contribution in [0.5, 0.6) is 0 Å². The molecule has 4 heteroatoms. The predicted molar refractivity (Wildman–Crippen MR) is 56.6 cm³/mol. The van der Waals surface area contributed by atoms with Gasteiger partial charge in [0.1, 0.15) is 0 Å². The van der Waals surface area contributed by atoms with Crippen LogP contribution in [0.4, 0.5) is 0 Å². The van der Waals surface area contributed by atoms with Gasteiger partial charge in [0.05, 0.1) is 11.5 Å². The van der Waals surface area contributed by atoms with E-state index in [2.05, 4.69) is 5.32 Å². The number of rotatable bonds is 6. The second kappa shape index (κ2) is 5.60. The van der Waals surface area contributed by atoms with Crippen LogP contribution < -0.4 is 5.32 Å². The Morgan fingerprint density at radius 3 is 2.15 bits per heavy atom. The first-order valence-corrected chi connectivity index (χ1v) is 6.57. The summed E-state index contributed by atoms with van der Waals surface area (Å²) in [5.74, 6) is 0.839. The predicted octanol–water partition coefficient (Wildman–Crippen LogP) is 1.06. The van der Waals surface area contributed by atoms with E-state index in [1.807, 2.05) is 27.8 Å². The first kappa shape index (κ1) is 12.9. The second-order valence-electron chi connectivity index (χ2n) is 3.99. The smallest absolute Gasteiger partial charge is 0.150 e. The molecule has 1 atom stereocenters. The number of nitrogens with one attached hydrogen (secondary N) is 1. The van der Waals surface area contributed by atoms with Gasteiger partial charge in [0, 0.05) is 6.04 Å². The fourth-order valence-corrected chi connectivity index (χ4v) is 2.99. The minimum atomic E-state index is -2.83. The van der Waals surface area contributed by atoms with Crippen molar-refractivity contribution in [2.75, 3.05) is 18.6 Å². The molecule has 0 heterocycles. The summed E-state index contributed by atoms with van der Waals surface area (Å²) in [6, 6.07) is 0.280. The maximum Gasteiger partial charge on any atom is 0.150 e. The Bertz CT molecular complexity index is 222. The third-order valence-electron chi connectivity index (χ3n) is 1.94. The standard InChI is InChI=1S/C9H21NO2S/c1-8(2)7-13(11,12)6-5-9(3)10-4/h8-10H,5-7H2,1-4H3. The first-order chi connectivity index (χ1) is 5.87. The molecule has 0 saturated carbocycles. The van der Waals surface area contributed by atoms with E-state index in [0.717, 1.165) is 0 Å². The Balaban J connectivity index is 3.90. The lowest BCUT2D eigenvalue weighted by Crippen LogP contribution is -2.26. The maximum atomic E-state index is 11.4. The van der Waals surface area contributed by atoms with Crippen LogP contribution in [0.15, 0.2) is 0 Å². The Labute approximate surface area is 81.8 Å². The van der Waals surface area contributed by atoms with Gasteiger partial charge in [0.15, 0.2) is 9.84 Å². The first-order valence-electron chi connectivity index (χ1n) is 4.75. The monoisotopic (exact) mass is 207 g/mol. The van der Waals surface area contributed by atoms with Crippen molar-refractivity contribution in [2.24, 2.45) is 5.92 Å². The molecule has 0 aromatic rings. The van der Waals surface area contributed by atoms with Gasteiger partial charge in [-0.1, -0.05) is 13.8 Å². The van der Waals surface area contributed by atoms with E-state index in [-0.39, 0.29) is 12.0 Å². The number of hydrogen-bond donors (Lipinski definition) is 1. The molecule has 0 spiro atoms. The Kier molecular flexibility index (Phi) is 5.56. The highest BCUT2D eigenvalue weighted by atomic mass is 32.2. The number of sulfone groups is 1. The van der Waals surface area contributed by atoms with Crippen molar-refractivity contribution < 1.29 is 8.42 Å². The van der Waals surface area contributed by atoms with Crippen LogP contribution in [-0.4, -0.2) is 33.0 Å². The van der Waals surface area contributed by atoms with Crippen molar-refractivity contribution in [2.45, 2.75) is 33.2 Å². The summed E-state index contributed by atoms with van der Waals surface area (Å²) in [7, 11) is -0.979. The highest BCUT2D eigenvalue weighted by Crippen LogP contribution is 2.03. The molecule has 0 rings (SSSR count). The fraction of sp³-hybridized carbons (Fsp3) is 1.00. The third kappa shape index (κ3) is 7.02. The fourth-order valence-electron chi connectivity index (χ4n) is 1.09. The Hall–Kier alpha value is -0.0900. The summed E-state index contributed by atoms with van der Waals surface area (Å²) >= 11 is 0. The van der Waals surface area contributed by atoms with Gasteiger partial charge in [-0.25, -0.2) is 8.42 Å². The largest absolute Gasteiger partial charge is 0.317 e. The summed E-state index contributed by atoms with van der Waals surface area (Å²) in [5, 5.41) is 3.03. The van der Waals surface area contributed by atoms with Crippen molar-refractivity contribution in [1.29, 1.82) is 0 Å². The lowest BCUT2D eigenvalue weighted by Gasteiger charge is -2.11. The van der Waals surface area contributed by atoms with Gasteiger partial charge in [-0.2, -0.15) is 0 Å². The molecule has 1 N–H and O–H groups in total. The molecule has 0 amide bonds. The molecule has 0 aromatic heterocycles. The van der Waals surface area contributed by atoms with Crippen molar-refractivity contribution in [3.63, 3.8) is 0 Å². The van der Waals surface area contributed by atoms with Gasteiger partial charge in [0.25, 0.3) is 0 Å². The van der Waals surface area contributed by atoms with E-state index in [4.69, 9.17) is 0 Å². The van der Waals surface area contributed by atoms with E-state index in [1.54, 1.807) is 0 Å². The van der Waals surface area contributed by atoms with E-state index in [9.17, 15) is 8.42 Å². The molecule has 0 bridgehead atoms. The Morgan fingerprint density at radius 1 is 1.23 bits per heavy atom. The lowest BCUT2D eigenvalue weighted by molar-refractivity contribution is 0.557. The van der Waals surface area contributed by atoms with Gasteiger partial charge >= 0.3 is 0 Å². The van der Waals surface area contributed by atoms with Gasteiger partial charge in [-0.3, -0.25) is 0 Å². The second-order valence-corrected chi connectivity index (χ2v) is 6.22. The molecule has 0 saturated heterocycles. The molecular weight excluding hydrogens is 186 g/mol. The van der Waals surface area contributed by atoms with Gasteiger partial charge in [-0.15, -0.1) is 0 Å². The molecule has 0 aromatic carbocycles. The van der Waals surface area contributed by atoms with E-state index in [0.29, 0.717) is 17.9 Å². The van der Waals surface area contributed by atoms with Crippen molar-refractivity contribution in [1.82, 2.24) is 5.32 Å². The summed E-state index contributed by atoms with van der Waals surface area (Å²) in [5.41, 5.74) is 0. The van der Waals surface area contributed by atoms with Crippen molar-refractivity contribution >= 4 is 9.84 Å². The van der Waals surface area contributed by atoms with Gasteiger partial charge < -0.3 is 5.32 Å². The highest BCUT2D eigenvalue weighted by molar-refractivity contribution is 7.91. The topological polar surface area (TPSA) is 46.2 Å². The molecule has 0 aliphatic rings. The zero-order valence-corrected chi connectivity index (χ0v) is 9.82. The summed E-state index contributed by atoms with van der Waals surface area (Å²) in [6.07, 6.45) is 0.700. The van der Waals surface area contributed by atoms with Crippen LogP contribution >= 0.6 is 0 Å². The highest BCUT2D eigenvalue weighted by Gasteiger charge is 2.13. The molecule has 13 heavy (non-hydrogen) atoms. The zero-order valence-electron chi connectivity index (χ0n) is 9.00. The molecule has 80 valence electrons. The molecule has 1 unspecified atom stereocenters. The van der Waals surface area contributed by atoms with Crippen LogP contribution in [0.3, 0.4) is 0 Å². The third-order valence-corrected chi connectivity index (χ3v) is 3.97. The molecule has 0 aliphatic carbocycles. The normalized spacial score (nSPS) is 14.8. The molecule has 3 nitrogen and oxygen atoms in total. The van der Waals surface area contributed by atoms with E-state index >= 15 is 0 Å². The average molecular weight is 207 g/mol. The minimum Gasteiger partial charge on any atom is -0.317 e. The summed E-state index contributed by atoms with van der Waals surface area (Å²) in [6.45, 7) is 5.85. The SMILES string of the molecule is CNC(C)CCS(=O)(=O)CC(C)C. The van der Waals surface area contributed by atoms with Crippen molar-refractivity contribution in [3.8, 4) is 0 Å². The summed E-state index contributed by atoms with van der Waals surface area (Å²) in [4.78, 5) is 0. The maximum absolute atomic E-state index is 11.4. The Morgan fingerprint density at radius 2 is 1.77 bits per heavy atom. The summed E-state index contributed by atoms with van der Waals surface area (Å²) < 4.78 is 22.9. The van der Waals surface area contributed by atoms with Gasteiger partial charge in [0.2, 0.25) is 0 Å². The van der Waals surface area contributed by atoms with Crippen LogP contribution in [0, 0.1) is 5.92 Å². The van der Waals surface area contributed by atoms with Crippen LogP contribution in [0.2, 0.25) is 0 Å². The van der Waals surface area contributed by atoms with E-state index in [1.165, 1.54) is 0 Å². The van der Waals surface area contributed by atoms with Crippen LogP contribution in [-0.2, 0) is 9.84 Å². The van der Waals surface area contributed by atoms with Crippen LogP contribution in [0.1, 0.15) is 27.2 Å². The molecule has 0 aliphatic heterocycles. The minimum absolute atomic E-state index is 0.231. The van der Waals surface area contributed by atoms with Gasteiger partial charge in [-0.05, 0) is 26.3 Å².